The molecular weight excluding hydrogens is 512 g/mol. The zero-order valence-electron chi connectivity index (χ0n) is 18.1. The van der Waals surface area contributed by atoms with Gasteiger partial charge in [-0.05, 0) is 44.0 Å². The molecule has 0 atom stereocenters. The largest absolute Gasteiger partial charge is 0.487 e. The van der Waals surface area contributed by atoms with Crippen molar-refractivity contribution in [2.45, 2.75) is 43.9 Å². The molecule has 3 aromatic rings. The Morgan fingerprint density at radius 1 is 1.09 bits per heavy atom. The maximum Gasteiger partial charge on any atom is 0.417 e. The predicted molar refractivity (Wildman–Crippen MR) is 125 cm³/mol. The number of pyridine rings is 1. The van der Waals surface area contributed by atoms with Crippen LogP contribution in [0.1, 0.15) is 36.1 Å². The van der Waals surface area contributed by atoms with Gasteiger partial charge >= 0.3 is 6.18 Å². The molecule has 1 fully saturated rings. The molecule has 1 aliphatic heterocycles. The van der Waals surface area contributed by atoms with Gasteiger partial charge in [0.25, 0.3) is 0 Å². The molecular formula is C23H21Cl2F3N2O3S. The van der Waals surface area contributed by atoms with Gasteiger partial charge in [-0.2, -0.15) is 17.5 Å². The van der Waals surface area contributed by atoms with Gasteiger partial charge in [-0.3, -0.25) is 0 Å². The summed E-state index contributed by atoms with van der Waals surface area (Å²) in [6.45, 7) is 2.04. The minimum atomic E-state index is -4.56. The predicted octanol–water partition coefficient (Wildman–Crippen LogP) is 6.62. The first-order valence-corrected chi connectivity index (χ1v) is 12.8. The summed E-state index contributed by atoms with van der Waals surface area (Å²) in [6, 6.07) is 8.01. The molecule has 11 heteroatoms. The van der Waals surface area contributed by atoms with E-state index in [0.717, 1.165) is 25.3 Å². The van der Waals surface area contributed by atoms with Gasteiger partial charge in [0.15, 0.2) is 0 Å². The average Bonchev–Trinajstić information content (AvgIpc) is 2.78. The van der Waals surface area contributed by atoms with Crippen LogP contribution in [0.3, 0.4) is 0 Å². The molecule has 1 saturated heterocycles. The molecule has 0 amide bonds. The highest BCUT2D eigenvalue weighted by atomic mass is 35.5. The van der Waals surface area contributed by atoms with E-state index < -0.39 is 21.8 Å². The summed E-state index contributed by atoms with van der Waals surface area (Å²) >= 11 is 12.8. The number of benzene rings is 2. The molecule has 0 spiro atoms. The van der Waals surface area contributed by atoms with Crippen molar-refractivity contribution in [3.63, 3.8) is 0 Å². The molecule has 182 valence electrons. The normalized spacial score (nSPS) is 15.6. The maximum absolute atomic E-state index is 13.5. The summed E-state index contributed by atoms with van der Waals surface area (Å²) in [5.41, 5.74) is -0.367. The monoisotopic (exact) mass is 532 g/mol. The molecule has 2 aromatic carbocycles. The summed E-state index contributed by atoms with van der Waals surface area (Å²) in [4.78, 5) is 4.15. The van der Waals surface area contributed by atoms with Crippen LogP contribution in [-0.4, -0.2) is 30.8 Å². The van der Waals surface area contributed by atoms with Gasteiger partial charge in [0, 0.05) is 34.8 Å². The fraction of sp³-hybridized carbons (Fsp3) is 0.348. The molecule has 4 rings (SSSR count). The van der Waals surface area contributed by atoms with Crippen molar-refractivity contribution in [1.29, 1.82) is 0 Å². The van der Waals surface area contributed by atoms with Crippen molar-refractivity contribution < 1.29 is 26.3 Å². The first-order chi connectivity index (χ1) is 16.0. The highest BCUT2D eigenvalue weighted by Gasteiger charge is 2.34. The molecule has 1 aliphatic rings. The van der Waals surface area contributed by atoms with E-state index in [-0.39, 0.29) is 49.5 Å². The average molecular weight is 533 g/mol. The Hall–Kier alpha value is -2.07. The fourth-order valence-corrected chi connectivity index (χ4v) is 6.38. The van der Waals surface area contributed by atoms with Crippen LogP contribution in [0.2, 0.25) is 10.0 Å². The number of sulfonamides is 1. The molecule has 0 N–H and O–H groups in total. The van der Waals surface area contributed by atoms with Gasteiger partial charge in [-0.1, -0.05) is 41.8 Å². The van der Waals surface area contributed by atoms with Crippen molar-refractivity contribution in [2.75, 3.05) is 13.1 Å². The zero-order valence-corrected chi connectivity index (χ0v) is 20.5. The first kappa shape index (κ1) is 25.0. The molecule has 0 aliphatic carbocycles. The Labute approximate surface area is 205 Å². The lowest BCUT2D eigenvalue weighted by molar-refractivity contribution is -0.136. The lowest BCUT2D eigenvalue weighted by atomic mass is 10.1. The van der Waals surface area contributed by atoms with Gasteiger partial charge < -0.3 is 4.74 Å². The van der Waals surface area contributed by atoms with Crippen molar-refractivity contribution in [1.82, 2.24) is 9.29 Å². The SMILES string of the molecule is Cc1cc(C(F)(F)F)c2cccc(OCc3c(Cl)ccc(S(=O)(=O)N4CCCCC4)c3Cl)c2n1. The zero-order chi connectivity index (χ0) is 24.7. The summed E-state index contributed by atoms with van der Waals surface area (Å²) in [5.74, 6) is 0.100. The first-order valence-electron chi connectivity index (χ1n) is 10.6. The number of hydrogen-bond donors (Lipinski definition) is 0. The van der Waals surface area contributed by atoms with Crippen LogP contribution in [0.15, 0.2) is 41.3 Å². The standard InChI is InChI=1S/C23H21Cl2F3N2O3S/c1-14-12-17(23(26,27)28)15-6-5-7-19(22(15)29-14)33-13-16-18(24)8-9-20(21(16)25)34(31,32)30-10-3-2-4-11-30/h5-9,12H,2-4,10-11,13H2,1H3. The quantitative estimate of drug-likeness (QED) is 0.370. The second-order valence-electron chi connectivity index (χ2n) is 8.05. The third-order valence-electron chi connectivity index (χ3n) is 5.69. The molecule has 34 heavy (non-hydrogen) atoms. The summed E-state index contributed by atoms with van der Waals surface area (Å²) in [6.07, 6.45) is -2.05. The number of ether oxygens (including phenoxy) is 1. The second kappa shape index (κ2) is 9.53. The number of piperidine rings is 1. The van der Waals surface area contributed by atoms with Crippen LogP contribution in [-0.2, 0) is 22.8 Å². The number of hydrogen-bond acceptors (Lipinski definition) is 4. The molecule has 0 unspecified atom stereocenters. The Kier molecular flexibility index (Phi) is 7.01. The lowest BCUT2D eigenvalue weighted by Gasteiger charge is -2.26. The minimum Gasteiger partial charge on any atom is -0.487 e. The number of rotatable bonds is 5. The highest BCUT2D eigenvalue weighted by Crippen LogP contribution is 2.38. The molecule has 0 saturated carbocycles. The number of para-hydroxylation sites is 1. The van der Waals surface area contributed by atoms with E-state index >= 15 is 0 Å². The number of aromatic nitrogens is 1. The summed E-state index contributed by atoms with van der Waals surface area (Å²) in [7, 11) is -3.83. The van der Waals surface area contributed by atoms with Crippen LogP contribution >= 0.6 is 23.2 Å². The molecule has 5 nitrogen and oxygen atoms in total. The molecule has 1 aromatic heterocycles. The maximum atomic E-state index is 13.5. The van der Waals surface area contributed by atoms with Crippen molar-refractivity contribution >= 4 is 44.1 Å². The number of aryl methyl sites for hydroxylation is 1. The van der Waals surface area contributed by atoms with Crippen molar-refractivity contribution in [3.8, 4) is 5.75 Å². The number of nitrogens with zero attached hydrogens (tertiary/aromatic N) is 2. The van der Waals surface area contributed by atoms with E-state index in [1.54, 1.807) is 0 Å². The minimum absolute atomic E-state index is 0.0409. The lowest BCUT2D eigenvalue weighted by Crippen LogP contribution is -2.35. The van der Waals surface area contributed by atoms with E-state index in [1.807, 2.05) is 0 Å². The molecule has 0 radical (unpaired) electrons. The van der Waals surface area contributed by atoms with Crippen molar-refractivity contribution in [3.05, 3.63) is 63.3 Å². The van der Waals surface area contributed by atoms with Gasteiger partial charge in [-0.25, -0.2) is 13.4 Å². The van der Waals surface area contributed by atoms with Crippen LogP contribution in [0.25, 0.3) is 10.9 Å². The van der Waals surface area contributed by atoms with Crippen LogP contribution in [0, 0.1) is 6.92 Å². The van der Waals surface area contributed by atoms with E-state index in [0.29, 0.717) is 13.1 Å². The Balaban J connectivity index is 1.70. The second-order valence-corrected chi connectivity index (χ2v) is 10.7. The van der Waals surface area contributed by atoms with Crippen molar-refractivity contribution in [2.24, 2.45) is 0 Å². The summed E-state index contributed by atoms with van der Waals surface area (Å²) in [5, 5.41) is 0.00982. The Morgan fingerprint density at radius 3 is 2.47 bits per heavy atom. The highest BCUT2D eigenvalue weighted by molar-refractivity contribution is 7.89. The smallest absolute Gasteiger partial charge is 0.417 e. The Bertz CT molecular complexity index is 1340. The topological polar surface area (TPSA) is 59.5 Å². The number of alkyl halides is 3. The van der Waals surface area contributed by atoms with E-state index in [9.17, 15) is 21.6 Å². The van der Waals surface area contributed by atoms with E-state index in [4.69, 9.17) is 27.9 Å². The third-order valence-corrected chi connectivity index (χ3v) is 8.53. The summed E-state index contributed by atoms with van der Waals surface area (Å²) < 4.78 is 74.0. The Morgan fingerprint density at radius 2 is 1.79 bits per heavy atom. The van der Waals surface area contributed by atoms with E-state index in [2.05, 4.69) is 4.98 Å². The van der Waals surface area contributed by atoms with Gasteiger partial charge in [0.05, 0.1) is 10.6 Å². The molecule has 0 bridgehead atoms. The van der Waals surface area contributed by atoms with Crippen LogP contribution in [0.5, 0.6) is 5.75 Å². The number of halogens is 5. The number of fused-ring (bicyclic) bond motifs is 1. The third kappa shape index (κ3) is 4.84. The van der Waals surface area contributed by atoms with Gasteiger partial charge in [0.2, 0.25) is 10.0 Å². The van der Waals surface area contributed by atoms with Gasteiger partial charge in [0.1, 0.15) is 22.8 Å². The van der Waals surface area contributed by atoms with E-state index in [1.165, 1.54) is 41.6 Å². The molecule has 2 heterocycles. The fourth-order valence-electron chi connectivity index (χ4n) is 4.00. The van der Waals surface area contributed by atoms with Crippen LogP contribution < -0.4 is 4.74 Å². The van der Waals surface area contributed by atoms with Crippen LogP contribution in [0.4, 0.5) is 13.2 Å². The van der Waals surface area contributed by atoms with Gasteiger partial charge in [-0.15, -0.1) is 0 Å².